The maximum Gasteiger partial charge on any atom is 0.418 e. The molecule has 2 aromatic heterocycles. The van der Waals surface area contributed by atoms with Crippen LogP contribution in [0.3, 0.4) is 0 Å². The van der Waals surface area contributed by atoms with Crippen LogP contribution >= 0.6 is 0 Å². The van der Waals surface area contributed by atoms with Gasteiger partial charge in [-0.3, -0.25) is 10.1 Å². The van der Waals surface area contributed by atoms with Gasteiger partial charge in [0.15, 0.2) is 5.82 Å². The third kappa shape index (κ3) is 4.64. The van der Waals surface area contributed by atoms with E-state index in [1.807, 2.05) is 19.9 Å². The Labute approximate surface area is 184 Å². The summed E-state index contributed by atoms with van der Waals surface area (Å²) >= 11 is 0. The fourth-order valence-corrected chi connectivity index (χ4v) is 3.18. The number of aromatic nitrogens is 4. The van der Waals surface area contributed by atoms with Crippen molar-refractivity contribution in [1.29, 1.82) is 0 Å². The molecule has 0 unspecified atom stereocenters. The van der Waals surface area contributed by atoms with Gasteiger partial charge >= 0.3 is 6.09 Å². The first-order valence-corrected chi connectivity index (χ1v) is 10.2. The van der Waals surface area contributed by atoms with E-state index >= 15 is 0 Å². The number of amides is 2. The van der Waals surface area contributed by atoms with Gasteiger partial charge in [0.25, 0.3) is 11.8 Å². The molecule has 2 amide bonds. The molecule has 3 N–H and O–H groups in total. The van der Waals surface area contributed by atoms with Gasteiger partial charge in [-0.05, 0) is 43.9 Å². The molecule has 3 aromatic rings. The lowest BCUT2D eigenvalue weighted by Gasteiger charge is -2.15. The van der Waals surface area contributed by atoms with Crippen molar-refractivity contribution in [1.82, 2.24) is 25.3 Å². The zero-order valence-electron chi connectivity index (χ0n) is 18.0. The smallest absolute Gasteiger partial charge is 0.387 e. The van der Waals surface area contributed by atoms with Gasteiger partial charge in [-0.2, -0.15) is 0 Å². The monoisotopic (exact) mass is 433 g/mol. The Balaban J connectivity index is 1.60. The summed E-state index contributed by atoms with van der Waals surface area (Å²) in [5.41, 5.74) is 3.75. The number of hydrogen-bond acceptors (Lipinski definition) is 8. The number of ether oxygens (including phenoxy) is 1. The van der Waals surface area contributed by atoms with Crippen LogP contribution < -0.4 is 20.7 Å². The molecular weight excluding hydrogens is 410 g/mol. The van der Waals surface area contributed by atoms with E-state index in [-0.39, 0.29) is 17.6 Å². The zero-order valence-corrected chi connectivity index (χ0v) is 18.0. The average Bonchev–Trinajstić information content (AvgIpc) is 3.63. The topological polar surface area (TPSA) is 131 Å². The Kier molecular flexibility index (Phi) is 5.93. The van der Waals surface area contributed by atoms with Crippen molar-refractivity contribution in [2.75, 3.05) is 17.7 Å². The van der Waals surface area contributed by atoms with Crippen LogP contribution in [0.15, 0.2) is 37.1 Å². The molecule has 32 heavy (non-hydrogen) atoms. The lowest BCUT2D eigenvalue weighted by molar-refractivity contribution is 0.0963. The number of nitrogens with one attached hydrogen (secondary N) is 3. The van der Waals surface area contributed by atoms with Gasteiger partial charge in [-0.25, -0.2) is 24.7 Å². The van der Waals surface area contributed by atoms with Crippen molar-refractivity contribution < 1.29 is 14.3 Å². The zero-order chi connectivity index (χ0) is 22.7. The second-order valence-electron chi connectivity index (χ2n) is 7.50. The van der Waals surface area contributed by atoms with Crippen LogP contribution in [0.25, 0.3) is 0 Å². The predicted molar refractivity (Wildman–Crippen MR) is 118 cm³/mol. The van der Waals surface area contributed by atoms with E-state index in [4.69, 9.17) is 4.74 Å². The van der Waals surface area contributed by atoms with E-state index in [2.05, 4.69) is 35.9 Å². The summed E-state index contributed by atoms with van der Waals surface area (Å²) in [6.07, 6.45) is 7.48. The lowest BCUT2D eigenvalue weighted by Crippen LogP contribution is -2.24. The Morgan fingerprint density at radius 2 is 1.84 bits per heavy atom. The molecule has 10 nitrogen and oxygen atoms in total. The molecule has 4 rings (SSSR count). The molecule has 0 spiro atoms. The largest absolute Gasteiger partial charge is 0.418 e. The Morgan fingerprint density at radius 1 is 1.09 bits per heavy atom. The van der Waals surface area contributed by atoms with Crippen molar-refractivity contribution in [3.05, 3.63) is 59.4 Å². The Hall–Kier alpha value is -4.08. The number of nitrogens with zero attached hydrogens (tertiary/aromatic N) is 4. The molecular formula is C22H23N7O3. The van der Waals surface area contributed by atoms with E-state index in [0.717, 1.165) is 29.7 Å². The number of carbonyl (C=O) groups is 2. The minimum absolute atomic E-state index is 0.0288. The molecule has 10 heteroatoms. The summed E-state index contributed by atoms with van der Waals surface area (Å²) in [6, 6.07) is 3.49. The second kappa shape index (κ2) is 8.96. The fourth-order valence-electron chi connectivity index (χ4n) is 3.18. The summed E-state index contributed by atoms with van der Waals surface area (Å²) in [5, 5.41) is 8.27. The van der Waals surface area contributed by atoms with Gasteiger partial charge in [-0.1, -0.05) is 6.07 Å². The van der Waals surface area contributed by atoms with Crippen molar-refractivity contribution in [3.8, 4) is 5.88 Å². The maximum absolute atomic E-state index is 12.8. The number of benzene rings is 1. The first-order valence-electron chi connectivity index (χ1n) is 10.2. The first kappa shape index (κ1) is 21.2. The van der Waals surface area contributed by atoms with Gasteiger partial charge in [0.05, 0.1) is 41.2 Å². The average molecular weight is 433 g/mol. The molecule has 0 saturated heterocycles. The molecule has 1 aliphatic rings. The van der Waals surface area contributed by atoms with Gasteiger partial charge in [0, 0.05) is 13.0 Å². The maximum atomic E-state index is 12.8. The van der Waals surface area contributed by atoms with E-state index in [0.29, 0.717) is 22.9 Å². The van der Waals surface area contributed by atoms with Crippen LogP contribution in [0.2, 0.25) is 0 Å². The van der Waals surface area contributed by atoms with Gasteiger partial charge in [0.2, 0.25) is 0 Å². The fraction of sp³-hybridized carbons (Fsp3) is 0.273. The molecule has 164 valence electrons. The molecule has 0 aliphatic heterocycles. The van der Waals surface area contributed by atoms with Gasteiger partial charge in [0.1, 0.15) is 6.33 Å². The van der Waals surface area contributed by atoms with Crippen molar-refractivity contribution in [3.63, 3.8) is 0 Å². The van der Waals surface area contributed by atoms with Crippen LogP contribution in [0.5, 0.6) is 5.88 Å². The lowest BCUT2D eigenvalue weighted by atomic mass is 10.0. The molecule has 1 fully saturated rings. The SMILES string of the molecule is CNC(=O)c1c(NC(=O)Oc2nc(C3CC3)cnc2Nc2cncnc2)ccc(C)c1C. The normalized spacial score (nSPS) is 12.7. The van der Waals surface area contributed by atoms with Crippen LogP contribution in [0, 0.1) is 13.8 Å². The Bertz CT molecular complexity index is 1160. The molecule has 1 saturated carbocycles. The highest BCUT2D eigenvalue weighted by Gasteiger charge is 2.27. The number of anilines is 3. The van der Waals surface area contributed by atoms with Crippen molar-refractivity contribution in [2.24, 2.45) is 0 Å². The Morgan fingerprint density at radius 3 is 2.53 bits per heavy atom. The molecule has 0 bridgehead atoms. The quantitative estimate of drug-likeness (QED) is 0.538. The number of hydrogen-bond donors (Lipinski definition) is 3. The highest BCUT2D eigenvalue weighted by atomic mass is 16.6. The standard InChI is InChI=1S/C22H23N7O3/c1-12-4-7-16(18(13(12)2)20(30)23-3)29-22(31)32-21-19(27-15-8-24-11-25-9-15)26-10-17(28-21)14-5-6-14/h4,7-11,14H,5-6H2,1-3H3,(H,23,30)(H,26,27)(H,29,31). The second-order valence-corrected chi connectivity index (χ2v) is 7.50. The van der Waals surface area contributed by atoms with Crippen LogP contribution in [0.4, 0.5) is 22.0 Å². The first-order chi connectivity index (χ1) is 15.5. The van der Waals surface area contributed by atoms with E-state index in [9.17, 15) is 9.59 Å². The minimum atomic E-state index is -0.784. The van der Waals surface area contributed by atoms with Crippen molar-refractivity contribution in [2.45, 2.75) is 32.6 Å². The third-order valence-electron chi connectivity index (χ3n) is 5.19. The molecule has 0 radical (unpaired) electrons. The van der Waals surface area contributed by atoms with E-state index in [1.165, 1.54) is 13.4 Å². The number of carbonyl (C=O) groups excluding carboxylic acids is 2. The molecule has 1 aromatic carbocycles. The van der Waals surface area contributed by atoms with Crippen LogP contribution in [-0.2, 0) is 0 Å². The minimum Gasteiger partial charge on any atom is -0.387 e. The summed E-state index contributed by atoms with van der Waals surface area (Å²) in [4.78, 5) is 41.9. The van der Waals surface area contributed by atoms with Gasteiger partial charge in [-0.15, -0.1) is 0 Å². The molecule has 0 atom stereocenters. The highest BCUT2D eigenvalue weighted by molar-refractivity contribution is 6.04. The highest BCUT2D eigenvalue weighted by Crippen LogP contribution is 2.40. The third-order valence-corrected chi connectivity index (χ3v) is 5.19. The summed E-state index contributed by atoms with van der Waals surface area (Å²) in [6.45, 7) is 3.72. The van der Waals surface area contributed by atoms with Crippen LogP contribution in [0.1, 0.15) is 45.9 Å². The van der Waals surface area contributed by atoms with E-state index in [1.54, 1.807) is 24.7 Å². The summed E-state index contributed by atoms with van der Waals surface area (Å²) in [7, 11) is 1.54. The summed E-state index contributed by atoms with van der Waals surface area (Å²) in [5.74, 6) is 0.303. The molecule has 1 aliphatic carbocycles. The van der Waals surface area contributed by atoms with E-state index < -0.39 is 6.09 Å². The predicted octanol–water partition coefficient (Wildman–Crippen LogP) is 3.47. The number of rotatable bonds is 6. The molecule has 2 heterocycles. The number of aryl methyl sites for hydroxylation is 1. The van der Waals surface area contributed by atoms with Crippen molar-refractivity contribution >= 4 is 29.2 Å². The summed E-state index contributed by atoms with van der Waals surface area (Å²) < 4.78 is 5.52. The van der Waals surface area contributed by atoms with Crippen LogP contribution in [-0.4, -0.2) is 39.0 Å². The van der Waals surface area contributed by atoms with Gasteiger partial charge < -0.3 is 15.4 Å².